The van der Waals surface area contributed by atoms with Crippen LogP contribution in [0.25, 0.3) is 0 Å². The van der Waals surface area contributed by atoms with Crippen LogP contribution in [0.1, 0.15) is 10.4 Å². The Morgan fingerprint density at radius 3 is 2.64 bits per heavy atom. The van der Waals surface area contributed by atoms with Crippen molar-refractivity contribution in [2.45, 2.75) is 0 Å². The summed E-state index contributed by atoms with van der Waals surface area (Å²) in [5, 5.41) is 10.3. The van der Waals surface area contributed by atoms with E-state index in [1.54, 1.807) is 29.6 Å². The number of carbonyl (C=O) groups is 1. The molecule has 1 aliphatic rings. The number of hydrogen-bond donors (Lipinski definition) is 1. The van der Waals surface area contributed by atoms with Crippen LogP contribution < -0.4 is 4.90 Å². The molecular weight excluding hydrogens is 304 g/mol. The second-order valence-electron chi connectivity index (χ2n) is 5.00. The number of piperazine rings is 1. The third-order valence-electron chi connectivity index (χ3n) is 3.63. The molecule has 2 aromatic rings. The molecule has 1 N–H and O–H groups in total. The molecule has 0 bridgehead atoms. The summed E-state index contributed by atoms with van der Waals surface area (Å²) in [5.41, 5.74) is 0.237. The van der Waals surface area contributed by atoms with Crippen molar-refractivity contribution in [2.75, 3.05) is 31.1 Å². The number of carbonyl (C=O) groups excluding carboxylic acids is 1. The molecule has 1 aromatic heterocycles. The quantitative estimate of drug-likeness (QED) is 0.914. The molecule has 1 saturated heterocycles. The SMILES string of the molecule is O=C(c1cc(Cl)ccc1O)N1CCN(c2cnccn2)CC1. The molecular formula is C15H15ClN4O2. The van der Waals surface area contributed by atoms with Crippen molar-refractivity contribution < 1.29 is 9.90 Å². The van der Waals surface area contributed by atoms with E-state index < -0.39 is 0 Å². The van der Waals surface area contributed by atoms with Crippen LogP contribution in [-0.4, -0.2) is 52.1 Å². The van der Waals surface area contributed by atoms with Gasteiger partial charge in [-0.05, 0) is 18.2 Å². The van der Waals surface area contributed by atoms with E-state index in [4.69, 9.17) is 11.6 Å². The van der Waals surface area contributed by atoms with Crippen molar-refractivity contribution >= 4 is 23.3 Å². The van der Waals surface area contributed by atoms with Crippen molar-refractivity contribution in [2.24, 2.45) is 0 Å². The minimum absolute atomic E-state index is 0.0502. The summed E-state index contributed by atoms with van der Waals surface area (Å²) in [4.78, 5) is 24.6. The fourth-order valence-electron chi connectivity index (χ4n) is 2.44. The number of rotatable bonds is 2. The molecule has 6 nitrogen and oxygen atoms in total. The number of anilines is 1. The van der Waals surface area contributed by atoms with Crippen LogP contribution in [0.2, 0.25) is 5.02 Å². The maximum atomic E-state index is 12.5. The molecule has 0 aliphatic carbocycles. The predicted molar refractivity (Wildman–Crippen MR) is 83.3 cm³/mol. The largest absolute Gasteiger partial charge is 0.507 e. The van der Waals surface area contributed by atoms with Gasteiger partial charge in [0.1, 0.15) is 11.6 Å². The standard InChI is InChI=1S/C15H15ClN4O2/c16-11-1-2-13(21)12(9-11)15(22)20-7-5-19(6-8-20)14-10-17-3-4-18-14/h1-4,9-10,21H,5-8H2. The summed E-state index contributed by atoms with van der Waals surface area (Å²) in [7, 11) is 0. The van der Waals surface area contributed by atoms with Gasteiger partial charge in [-0.3, -0.25) is 9.78 Å². The van der Waals surface area contributed by atoms with E-state index in [9.17, 15) is 9.90 Å². The van der Waals surface area contributed by atoms with Crippen molar-refractivity contribution in [3.8, 4) is 5.75 Å². The Kier molecular flexibility index (Phi) is 4.11. The van der Waals surface area contributed by atoms with Crippen molar-refractivity contribution in [3.63, 3.8) is 0 Å². The number of phenols is 1. The first-order valence-electron chi connectivity index (χ1n) is 6.94. The zero-order valence-electron chi connectivity index (χ0n) is 11.8. The minimum atomic E-state index is -0.209. The number of hydrogen-bond acceptors (Lipinski definition) is 5. The van der Waals surface area contributed by atoms with E-state index in [-0.39, 0.29) is 17.2 Å². The zero-order chi connectivity index (χ0) is 15.5. The van der Waals surface area contributed by atoms with Crippen LogP contribution in [0.5, 0.6) is 5.75 Å². The van der Waals surface area contributed by atoms with Crippen LogP contribution in [0.3, 0.4) is 0 Å². The Morgan fingerprint density at radius 1 is 1.18 bits per heavy atom. The maximum absolute atomic E-state index is 12.5. The van der Waals surface area contributed by atoms with Gasteiger partial charge in [0, 0.05) is 43.6 Å². The van der Waals surface area contributed by atoms with E-state index >= 15 is 0 Å². The number of benzene rings is 1. The Morgan fingerprint density at radius 2 is 1.95 bits per heavy atom. The van der Waals surface area contributed by atoms with Crippen LogP contribution >= 0.6 is 11.6 Å². The van der Waals surface area contributed by atoms with Crippen LogP contribution in [0.4, 0.5) is 5.82 Å². The minimum Gasteiger partial charge on any atom is -0.507 e. The van der Waals surface area contributed by atoms with Crippen molar-refractivity contribution in [3.05, 3.63) is 47.4 Å². The molecule has 1 aliphatic heterocycles. The van der Waals surface area contributed by atoms with Gasteiger partial charge in [0.15, 0.2) is 0 Å². The lowest BCUT2D eigenvalue weighted by Crippen LogP contribution is -2.49. The van der Waals surface area contributed by atoms with Gasteiger partial charge in [-0.15, -0.1) is 0 Å². The first-order chi connectivity index (χ1) is 10.6. The van der Waals surface area contributed by atoms with Gasteiger partial charge in [0.25, 0.3) is 5.91 Å². The monoisotopic (exact) mass is 318 g/mol. The first kappa shape index (κ1) is 14.6. The number of halogens is 1. The smallest absolute Gasteiger partial charge is 0.257 e. The summed E-state index contributed by atoms with van der Waals surface area (Å²) in [6.07, 6.45) is 4.99. The molecule has 22 heavy (non-hydrogen) atoms. The lowest BCUT2D eigenvalue weighted by molar-refractivity contribution is 0.0743. The first-order valence-corrected chi connectivity index (χ1v) is 7.32. The average Bonchev–Trinajstić information content (AvgIpc) is 2.57. The van der Waals surface area contributed by atoms with Crippen LogP contribution in [0, 0.1) is 0 Å². The second-order valence-corrected chi connectivity index (χ2v) is 5.44. The van der Waals surface area contributed by atoms with Gasteiger partial charge >= 0.3 is 0 Å². The van der Waals surface area contributed by atoms with Gasteiger partial charge in [-0.2, -0.15) is 0 Å². The molecule has 114 valence electrons. The molecule has 0 saturated carbocycles. The Balaban J connectivity index is 1.68. The van der Waals surface area contributed by atoms with E-state index in [0.29, 0.717) is 31.2 Å². The fourth-order valence-corrected chi connectivity index (χ4v) is 2.62. The number of aromatic nitrogens is 2. The summed E-state index contributed by atoms with van der Waals surface area (Å²) >= 11 is 5.90. The highest BCUT2D eigenvalue weighted by atomic mass is 35.5. The molecule has 3 rings (SSSR count). The van der Waals surface area contributed by atoms with Gasteiger partial charge in [-0.1, -0.05) is 11.6 Å². The normalized spacial score (nSPS) is 15.0. The average molecular weight is 319 g/mol. The highest BCUT2D eigenvalue weighted by Gasteiger charge is 2.24. The third-order valence-corrected chi connectivity index (χ3v) is 3.86. The topological polar surface area (TPSA) is 69.6 Å². The molecule has 0 radical (unpaired) electrons. The summed E-state index contributed by atoms with van der Waals surface area (Å²) < 4.78 is 0. The molecule has 1 fully saturated rings. The van der Waals surface area contributed by atoms with Gasteiger partial charge in [0.2, 0.25) is 0 Å². The lowest BCUT2D eigenvalue weighted by atomic mass is 10.1. The molecule has 1 amide bonds. The summed E-state index contributed by atoms with van der Waals surface area (Å²) in [6.45, 7) is 2.46. The third kappa shape index (κ3) is 2.96. The number of phenolic OH excluding ortho intramolecular Hbond substituents is 1. The van der Waals surface area contributed by atoms with Gasteiger partial charge in [-0.25, -0.2) is 4.98 Å². The Labute approximate surface area is 133 Å². The molecule has 0 atom stereocenters. The van der Waals surface area contributed by atoms with Gasteiger partial charge < -0.3 is 14.9 Å². The fraction of sp³-hybridized carbons (Fsp3) is 0.267. The Hall–Kier alpha value is -2.34. The van der Waals surface area contributed by atoms with Crippen molar-refractivity contribution in [1.82, 2.24) is 14.9 Å². The van der Waals surface area contributed by atoms with Crippen molar-refractivity contribution in [1.29, 1.82) is 0 Å². The zero-order valence-corrected chi connectivity index (χ0v) is 12.6. The number of amides is 1. The van der Waals surface area contributed by atoms with Crippen LogP contribution in [0.15, 0.2) is 36.8 Å². The molecule has 0 spiro atoms. The Bertz CT molecular complexity index is 672. The number of nitrogens with zero attached hydrogens (tertiary/aromatic N) is 4. The van der Waals surface area contributed by atoms with E-state index in [1.165, 1.54) is 12.1 Å². The van der Waals surface area contributed by atoms with Crippen LogP contribution in [-0.2, 0) is 0 Å². The highest BCUT2D eigenvalue weighted by Crippen LogP contribution is 2.23. The van der Waals surface area contributed by atoms with E-state index in [1.807, 2.05) is 0 Å². The van der Waals surface area contributed by atoms with Gasteiger partial charge in [0.05, 0.1) is 11.8 Å². The molecule has 7 heteroatoms. The summed E-state index contributed by atoms with van der Waals surface area (Å²) in [6, 6.07) is 4.49. The second kappa shape index (κ2) is 6.19. The highest BCUT2D eigenvalue weighted by molar-refractivity contribution is 6.31. The molecule has 0 unspecified atom stereocenters. The lowest BCUT2D eigenvalue weighted by Gasteiger charge is -2.35. The maximum Gasteiger partial charge on any atom is 0.257 e. The summed E-state index contributed by atoms with van der Waals surface area (Å²) in [5.74, 6) is 0.546. The predicted octanol–water partition coefficient (Wildman–Crippen LogP) is 1.80. The van der Waals surface area contributed by atoms with E-state index in [2.05, 4.69) is 14.9 Å². The number of aromatic hydroxyl groups is 1. The molecule has 2 heterocycles. The van der Waals surface area contributed by atoms with E-state index in [0.717, 1.165) is 5.82 Å². The molecule has 1 aromatic carbocycles.